The molecule has 4 heterocycles. The highest BCUT2D eigenvalue weighted by atomic mass is 16.5. The fraction of sp³-hybridized carbons (Fsp3) is 0.214. The van der Waals surface area contributed by atoms with Crippen LogP contribution in [0.5, 0.6) is 5.75 Å². The van der Waals surface area contributed by atoms with Crippen LogP contribution in [-0.2, 0) is 11.2 Å². The van der Waals surface area contributed by atoms with E-state index in [0.29, 0.717) is 54.9 Å². The molecule has 0 saturated carbocycles. The third kappa shape index (κ3) is 6.59. The predicted octanol–water partition coefficient (Wildman–Crippen LogP) is 3.67. The van der Waals surface area contributed by atoms with Gasteiger partial charge in [0.1, 0.15) is 23.2 Å². The molecular formula is C28H28N8O4. The number of nitrogens with zero attached hydrogens (tertiary/aromatic N) is 6. The maximum Gasteiger partial charge on any atom is 0.407 e. The van der Waals surface area contributed by atoms with Crippen molar-refractivity contribution in [2.75, 3.05) is 48.8 Å². The Kier molecular flexibility index (Phi) is 7.95. The van der Waals surface area contributed by atoms with Gasteiger partial charge in [0.25, 0.3) is 0 Å². The lowest BCUT2D eigenvalue weighted by molar-refractivity contribution is -0.115. The highest BCUT2D eigenvalue weighted by Gasteiger charge is 2.21. The van der Waals surface area contributed by atoms with Gasteiger partial charge in [-0.15, -0.1) is 0 Å². The van der Waals surface area contributed by atoms with Crippen molar-refractivity contribution in [3.05, 3.63) is 78.9 Å². The van der Waals surface area contributed by atoms with Gasteiger partial charge in [-0.05, 0) is 35.9 Å². The summed E-state index contributed by atoms with van der Waals surface area (Å²) in [7, 11) is 1.59. The summed E-state index contributed by atoms with van der Waals surface area (Å²) in [6, 6.07) is 14.7. The lowest BCUT2D eigenvalue weighted by atomic mass is 10.1. The van der Waals surface area contributed by atoms with Crippen LogP contribution in [0.25, 0.3) is 11.3 Å². The minimum Gasteiger partial charge on any atom is -0.497 e. The minimum atomic E-state index is -0.918. The highest BCUT2D eigenvalue weighted by Crippen LogP contribution is 2.28. The minimum absolute atomic E-state index is 0.170. The van der Waals surface area contributed by atoms with Crippen molar-refractivity contribution in [3.63, 3.8) is 0 Å². The summed E-state index contributed by atoms with van der Waals surface area (Å²) in [5, 5.41) is 15.4. The summed E-state index contributed by atoms with van der Waals surface area (Å²) in [6.07, 6.45) is 5.68. The van der Waals surface area contributed by atoms with Crippen molar-refractivity contribution in [3.8, 4) is 17.0 Å². The summed E-state index contributed by atoms with van der Waals surface area (Å²) >= 11 is 0. The molecule has 40 heavy (non-hydrogen) atoms. The Bertz CT molecular complexity index is 1490. The molecule has 0 spiro atoms. The van der Waals surface area contributed by atoms with Crippen molar-refractivity contribution in [1.82, 2.24) is 24.8 Å². The fourth-order valence-corrected chi connectivity index (χ4v) is 4.36. The van der Waals surface area contributed by atoms with Crippen LogP contribution in [0.2, 0.25) is 0 Å². The van der Waals surface area contributed by atoms with Gasteiger partial charge in [0.15, 0.2) is 0 Å². The van der Waals surface area contributed by atoms with Crippen LogP contribution in [0.4, 0.5) is 27.9 Å². The average Bonchev–Trinajstić information content (AvgIpc) is 2.97. The van der Waals surface area contributed by atoms with E-state index in [1.165, 1.54) is 4.90 Å². The Morgan fingerprint density at radius 1 is 0.975 bits per heavy atom. The van der Waals surface area contributed by atoms with E-state index >= 15 is 0 Å². The third-order valence-electron chi connectivity index (χ3n) is 6.34. The molecule has 204 valence electrons. The number of piperazine rings is 1. The smallest absolute Gasteiger partial charge is 0.407 e. The topological polar surface area (TPSA) is 146 Å². The van der Waals surface area contributed by atoms with Crippen LogP contribution in [0, 0.1) is 0 Å². The van der Waals surface area contributed by atoms with Gasteiger partial charge in [0.2, 0.25) is 5.91 Å². The van der Waals surface area contributed by atoms with E-state index in [2.05, 4.69) is 25.6 Å². The number of ether oxygens (including phenoxy) is 1. The maximum absolute atomic E-state index is 13.0. The molecule has 0 aliphatic carbocycles. The molecule has 0 unspecified atom stereocenters. The molecule has 5 rings (SSSR count). The standard InChI is InChI=1S/C28H28N8O4/c1-40-22-4-2-3-19(13-22)14-27(37)32-21-16-23(33-24(17-21)34-25-18-29-7-8-30-25)20-5-6-31-26(15-20)35-9-11-36(12-10-35)28(38)39/h2-8,13,15-18H,9-12,14H2,1H3,(H,38,39)(H2,30,32,33,34,37). The molecule has 0 bridgehead atoms. The number of carboxylic acid groups (broad SMARTS) is 1. The van der Waals surface area contributed by atoms with Crippen molar-refractivity contribution < 1.29 is 19.4 Å². The number of pyridine rings is 2. The predicted molar refractivity (Wildman–Crippen MR) is 150 cm³/mol. The van der Waals surface area contributed by atoms with Gasteiger partial charge in [-0.25, -0.2) is 19.7 Å². The second-order valence-corrected chi connectivity index (χ2v) is 9.08. The molecule has 0 radical (unpaired) electrons. The van der Waals surface area contributed by atoms with E-state index < -0.39 is 6.09 Å². The van der Waals surface area contributed by atoms with E-state index in [0.717, 1.165) is 16.9 Å². The largest absolute Gasteiger partial charge is 0.497 e. The molecule has 0 atom stereocenters. The number of nitrogens with one attached hydrogen (secondary N) is 2. The molecule has 1 aromatic carbocycles. The van der Waals surface area contributed by atoms with Crippen LogP contribution in [-0.4, -0.2) is 75.2 Å². The van der Waals surface area contributed by atoms with Crippen LogP contribution >= 0.6 is 0 Å². The molecule has 12 nitrogen and oxygen atoms in total. The highest BCUT2D eigenvalue weighted by molar-refractivity contribution is 5.93. The zero-order valence-corrected chi connectivity index (χ0v) is 21.8. The Hall–Kier alpha value is -5.26. The molecule has 4 aromatic rings. The second-order valence-electron chi connectivity index (χ2n) is 9.08. The quantitative estimate of drug-likeness (QED) is 0.303. The summed E-state index contributed by atoms with van der Waals surface area (Å²) in [5.41, 5.74) is 2.78. The van der Waals surface area contributed by atoms with Gasteiger partial charge in [-0.2, -0.15) is 0 Å². The number of benzene rings is 1. The van der Waals surface area contributed by atoms with E-state index in [4.69, 9.17) is 9.72 Å². The molecular weight excluding hydrogens is 512 g/mol. The normalized spacial score (nSPS) is 13.0. The number of methoxy groups -OCH3 is 1. The van der Waals surface area contributed by atoms with Crippen molar-refractivity contribution in [2.24, 2.45) is 0 Å². The van der Waals surface area contributed by atoms with Gasteiger partial charge in [-0.1, -0.05) is 12.1 Å². The first-order valence-electron chi connectivity index (χ1n) is 12.6. The fourth-order valence-electron chi connectivity index (χ4n) is 4.36. The first kappa shape index (κ1) is 26.4. The Labute approximate surface area is 230 Å². The maximum atomic E-state index is 13.0. The lowest BCUT2D eigenvalue weighted by Gasteiger charge is -2.33. The van der Waals surface area contributed by atoms with E-state index in [-0.39, 0.29) is 12.3 Å². The third-order valence-corrected chi connectivity index (χ3v) is 6.34. The Morgan fingerprint density at radius 3 is 2.58 bits per heavy atom. The van der Waals surface area contributed by atoms with Gasteiger partial charge in [0.05, 0.1) is 25.4 Å². The number of amides is 2. The molecule has 2 amide bonds. The average molecular weight is 541 g/mol. The number of hydrogen-bond donors (Lipinski definition) is 3. The van der Waals surface area contributed by atoms with Crippen molar-refractivity contribution in [1.29, 1.82) is 0 Å². The van der Waals surface area contributed by atoms with E-state index in [1.54, 1.807) is 44.0 Å². The van der Waals surface area contributed by atoms with Gasteiger partial charge in [-0.3, -0.25) is 9.78 Å². The number of rotatable bonds is 8. The number of aromatic nitrogens is 4. The SMILES string of the molecule is COc1cccc(CC(=O)Nc2cc(Nc3cnccn3)nc(-c3ccnc(N4CCN(C(=O)O)CC4)c3)c2)c1. The summed E-state index contributed by atoms with van der Waals surface area (Å²) in [4.78, 5) is 45.3. The number of hydrogen-bond acceptors (Lipinski definition) is 9. The van der Waals surface area contributed by atoms with Crippen LogP contribution in [0.1, 0.15) is 5.56 Å². The zero-order chi connectivity index (χ0) is 27.9. The number of carbonyl (C=O) groups is 2. The molecule has 1 saturated heterocycles. The first-order chi connectivity index (χ1) is 19.5. The van der Waals surface area contributed by atoms with Gasteiger partial charge in [0, 0.05) is 62.1 Å². The Balaban J connectivity index is 1.40. The lowest BCUT2D eigenvalue weighted by Crippen LogP contribution is -2.48. The molecule has 1 aliphatic heterocycles. The van der Waals surface area contributed by atoms with Crippen LogP contribution in [0.15, 0.2) is 73.3 Å². The van der Waals surface area contributed by atoms with Crippen molar-refractivity contribution >= 4 is 35.1 Å². The first-order valence-corrected chi connectivity index (χ1v) is 12.6. The van der Waals surface area contributed by atoms with Crippen LogP contribution < -0.4 is 20.3 Å². The summed E-state index contributed by atoms with van der Waals surface area (Å²) in [6.45, 7) is 1.88. The van der Waals surface area contributed by atoms with Gasteiger partial charge >= 0.3 is 6.09 Å². The monoisotopic (exact) mass is 540 g/mol. The molecule has 1 aliphatic rings. The molecule has 12 heteroatoms. The second kappa shape index (κ2) is 12.1. The van der Waals surface area contributed by atoms with E-state index in [1.807, 2.05) is 41.3 Å². The summed E-state index contributed by atoms with van der Waals surface area (Å²) in [5.74, 6) is 2.20. The molecule has 3 aromatic heterocycles. The van der Waals surface area contributed by atoms with Crippen molar-refractivity contribution in [2.45, 2.75) is 6.42 Å². The van der Waals surface area contributed by atoms with Gasteiger partial charge < -0.3 is 30.3 Å². The molecule has 1 fully saturated rings. The zero-order valence-electron chi connectivity index (χ0n) is 21.8. The number of carbonyl (C=O) groups excluding carboxylic acids is 1. The number of anilines is 4. The Morgan fingerprint density at radius 2 is 1.82 bits per heavy atom. The van der Waals surface area contributed by atoms with Crippen LogP contribution in [0.3, 0.4) is 0 Å². The summed E-state index contributed by atoms with van der Waals surface area (Å²) < 4.78 is 5.26. The van der Waals surface area contributed by atoms with E-state index in [9.17, 15) is 14.7 Å². The molecule has 3 N–H and O–H groups in total.